The van der Waals surface area contributed by atoms with Crippen LogP contribution in [0.4, 0.5) is 0 Å². The van der Waals surface area contributed by atoms with Gasteiger partial charge >= 0.3 is 0 Å². The maximum Gasteiger partial charge on any atom is 0.112 e. The van der Waals surface area contributed by atoms with E-state index in [4.69, 9.17) is 11.1 Å². The van der Waals surface area contributed by atoms with E-state index in [2.05, 4.69) is 16.3 Å². The van der Waals surface area contributed by atoms with Gasteiger partial charge in [0, 0.05) is 19.0 Å². The molecule has 0 bridgehead atoms. The van der Waals surface area contributed by atoms with Crippen LogP contribution in [0.1, 0.15) is 18.3 Å². The molecule has 2 rings (SSSR count). The van der Waals surface area contributed by atoms with E-state index in [0.717, 1.165) is 23.3 Å². The first-order chi connectivity index (χ1) is 7.20. The number of hydrogen-bond donors (Lipinski definition) is 2. The monoisotopic (exact) mass is 202 g/mol. The van der Waals surface area contributed by atoms with Gasteiger partial charge in [0.15, 0.2) is 0 Å². The minimum absolute atomic E-state index is 0.189. The molecule has 4 nitrogen and oxygen atoms in total. The van der Waals surface area contributed by atoms with Crippen molar-refractivity contribution in [2.45, 2.75) is 19.8 Å². The van der Waals surface area contributed by atoms with Gasteiger partial charge in [-0.2, -0.15) is 0 Å². The van der Waals surface area contributed by atoms with Crippen molar-refractivity contribution in [1.82, 2.24) is 9.38 Å². The van der Waals surface area contributed by atoms with Crippen molar-refractivity contribution in [3.8, 4) is 0 Å². The summed E-state index contributed by atoms with van der Waals surface area (Å²) in [5, 5.41) is 7.24. The molecule has 0 aromatic carbocycles. The lowest BCUT2D eigenvalue weighted by Crippen LogP contribution is -2.12. The number of imidazole rings is 1. The average molecular weight is 202 g/mol. The summed E-state index contributed by atoms with van der Waals surface area (Å²) in [6.45, 7) is 2.08. The predicted octanol–water partition coefficient (Wildman–Crippen LogP) is 1.38. The number of aromatic nitrogens is 2. The normalized spacial score (nSPS) is 10.7. The fraction of sp³-hybridized carbons (Fsp3) is 0.273. The van der Waals surface area contributed by atoms with Crippen LogP contribution in [0.2, 0.25) is 0 Å². The quantitative estimate of drug-likeness (QED) is 0.583. The summed E-state index contributed by atoms with van der Waals surface area (Å²) >= 11 is 0. The molecule has 15 heavy (non-hydrogen) atoms. The van der Waals surface area contributed by atoms with Gasteiger partial charge < -0.3 is 10.1 Å². The SMILES string of the molecule is CCc1ncc2cc(CC(=N)N)ccn12. The van der Waals surface area contributed by atoms with Crippen molar-refractivity contribution in [2.24, 2.45) is 5.73 Å². The Morgan fingerprint density at radius 1 is 1.60 bits per heavy atom. The molecule has 0 radical (unpaired) electrons. The van der Waals surface area contributed by atoms with Crippen molar-refractivity contribution in [1.29, 1.82) is 5.41 Å². The van der Waals surface area contributed by atoms with Crippen LogP contribution in [0.25, 0.3) is 5.52 Å². The van der Waals surface area contributed by atoms with E-state index in [1.54, 1.807) is 0 Å². The van der Waals surface area contributed by atoms with Crippen molar-refractivity contribution < 1.29 is 0 Å². The molecular weight excluding hydrogens is 188 g/mol. The first-order valence-corrected chi connectivity index (χ1v) is 4.98. The van der Waals surface area contributed by atoms with E-state index in [1.807, 2.05) is 24.5 Å². The molecule has 78 valence electrons. The lowest BCUT2D eigenvalue weighted by molar-refractivity contribution is 0.931. The number of rotatable bonds is 3. The lowest BCUT2D eigenvalue weighted by Gasteiger charge is -2.02. The number of pyridine rings is 1. The zero-order valence-electron chi connectivity index (χ0n) is 8.70. The third-order valence-electron chi connectivity index (χ3n) is 2.38. The molecule has 0 amide bonds. The Labute approximate surface area is 88.3 Å². The highest BCUT2D eigenvalue weighted by Crippen LogP contribution is 2.10. The molecule has 0 spiro atoms. The number of fused-ring (bicyclic) bond motifs is 1. The van der Waals surface area contributed by atoms with Crippen LogP contribution in [0.15, 0.2) is 24.5 Å². The van der Waals surface area contributed by atoms with E-state index in [1.165, 1.54) is 0 Å². The Balaban J connectivity index is 2.44. The lowest BCUT2D eigenvalue weighted by atomic mass is 10.2. The zero-order valence-corrected chi connectivity index (χ0v) is 8.70. The summed E-state index contributed by atoms with van der Waals surface area (Å²) in [6.07, 6.45) is 5.26. The van der Waals surface area contributed by atoms with Crippen molar-refractivity contribution in [2.75, 3.05) is 0 Å². The Hall–Kier alpha value is -1.84. The maximum atomic E-state index is 7.24. The second-order valence-electron chi connectivity index (χ2n) is 3.56. The topological polar surface area (TPSA) is 67.2 Å². The summed E-state index contributed by atoms with van der Waals surface area (Å²) < 4.78 is 2.06. The molecule has 4 heteroatoms. The molecule has 0 saturated heterocycles. The number of aryl methyl sites for hydroxylation is 1. The molecular formula is C11H14N4. The van der Waals surface area contributed by atoms with Crippen LogP contribution in [-0.2, 0) is 12.8 Å². The average Bonchev–Trinajstić information content (AvgIpc) is 2.58. The molecule has 0 aliphatic rings. The second kappa shape index (κ2) is 3.73. The highest BCUT2D eigenvalue weighted by Gasteiger charge is 2.02. The summed E-state index contributed by atoms with van der Waals surface area (Å²) in [5.74, 6) is 1.24. The molecule has 0 aliphatic heterocycles. The standard InChI is InChI=1S/C11H14N4/c1-2-11-14-7-9-5-8(6-10(12)13)3-4-15(9)11/h3-5,7H,2,6H2,1H3,(H3,12,13). The van der Waals surface area contributed by atoms with Crippen LogP contribution >= 0.6 is 0 Å². The summed E-state index contributed by atoms with van der Waals surface area (Å²) in [7, 11) is 0. The predicted molar refractivity (Wildman–Crippen MR) is 60.2 cm³/mol. The van der Waals surface area contributed by atoms with Gasteiger partial charge in [0.25, 0.3) is 0 Å². The minimum Gasteiger partial charge on any atom is -0.387 e. The van der Waals surface area contributed by atoms with E-state index < -0.39 is 0 Å². The van der Waals surface area contributed by atoms with Gasteiger partial charge in [-0.05, 0) is 17.7 Å². The Kier molecular flexibility index (Phi) is 2.41. The van der Waals surface area contributed by atoms with Crippen LogP contribution in [0.3, 0.4) is 0 Å². The molecule has 2 aromatic rings. The van der Waals surface area contributed by atoms with Gasteiger partial charge in [-0.25, -0.2) is 4.98 Å². The van der Waals surface area contributed by atoms with Crippen LogP contribution in [0.5, 0.6) is 0 Å². The van der Waals surface area contributed by atoms with Crippen molar-refractivity contribution in [3.05, 3.63) is 35.9 Å². The Morgan fingerprint density at radius 2 is 2.40 bits per heavy atom. The van der Waals surface area contributed by atoms with Crippen LogP contribution < -0.4 is 5.73 Å². The number of nitrogens with zero attached hydrogens (tertiary/aromatic N) is 2. The largest absolute Gasteiger partial charge is 0.387 e. The molecule has 0 fully saturated rings. The van der Waals surface area contributed by atoms with Crippen LogP contribution in [-0.4, -0.2) is 15.2 Å². The maximum absolute atomic E-state index is 7.24. The van der Waals surface area contributed by atoms with E-state index in [0.29, 0.717) is 6.42 Å². The molecule has 0 aliphatic carbocycles. The summed E-state index contributed by atoms with van der Waals surface area (Å²) in [6, 6.07) is 4.00. The molecule has 0 saturated carbocycles. The third kappa shape index (κ3) is 1.83. The number of hydrogen-bond acceptors (Lipinski definition) is 2. The zero-order chi connectivity index (χ0) is 10.8. The van der Waals surface area contributed by atoms with E-state index in [9.17, 15) is 0 Å². The Morgan fingerprint density at radius 3 is 3.07 bits per heavy atom. The highest BCUT2D eigenvalue weighted by molar-refractivity contribution is 5.79. The number of nitrogens with one attached hydrogen (secondary N) is 1. The van der Waals surface area contributed by atoms with Gasteiger partial charge in [0.05, 0.1) is 17.5 Å². The fourth-order valence-corrected chi connectivity index (χ4v) is 1.69. The molecule has 3 N–H and O–H groups in total. The molecule has 2 heterocycles. The van der Waals surface area contributed by atoms with Gasteiger partial charge in [-0.15, -0.1) is 0 Å². The summed E-state index contributed by atoms with van der Waals surface area (Å²) in [5.41, 5.74) is 7.47. The van der Waals surface area contributed by atoms with E-state index >= 15 is 0 Å². The Bertz CT molecular complexity index is 498. The first kappa shape index (κ1) is 9.71. The number of amidine groups is 1. The van der Waals surface area contributed by atoms with Crippen molar-refractivity contribution in [3.63, 3.8) is 0 Å². The fourth-order valence-electron chi connectivity index (χ4n) is 1.69. The van der Waals surface area contributed by atoms with Crippen molar-refractivity contribution >= 4 is 11.4 Å². The van der Waals surface area contributed by atoms with Crippen LogP contribution in [0, 0.1) is 5.41 Å². The third-order valence-corrected chi connectivity index (χ3v) is 2.38. The van der Waals surface area contributed by atoms with E-state index in [-0.39, 0.29) is 5.84 Å². The van der Waals surface area contributed by atoms with Gasteiger partial charge in [-0.3, -0.25) is 5.41 Å². The highest BCUT2D eigenvalue weighted by atomic mass is 15.0. The van der Waals surface area contributed by atoms with Gasteiger partial charge in [-0.1, -0.05) is 6.92 Å². The van der Waals surface area contributed by atoms with Gasteiger partial charge in [0.1, 0.15) is 5.82 Å². The molecule has 0 atom stereocenters. The number of nitrogens with two attached hydrogens (primary N) is 1. The minimum atomic E-state index is 0.189. The first-order valence-electron chi connectivity index (χ1n) is 4.98. The summed E-state index contributed by atoms with van der Waals surface area (Å²) in [4.78, 5) is 4.31. The second-order valence-corrected chi connectivity index (χ2v) is 3.56. The van der Waals surface area contributed by atoms with Gasteiger partial charge in [0.2, 0.25) is 0 Å². The molecule has 0 unspecified atom stereocenters. The smallest absolute Gasteiger partial charge is 0.112 e. The molecule has 2 aromatic heterocycles.